The van der Waals surface area contributed by atoms with Crippen molar-refractivity contribution >= 4 is 28.7 Å². The van der Waals surface area contributed by atoms with Gasteiger partial charge in [0.05, 0.1) is 16.8 Å². The van der Waals surface area contributed by atoms with Crippen molar-refractivity contribution in [1.82, 2.24) is 9.96 Å². The van der Waals surface area contributed by atoms with Crippen LogP contribution in [0.15, 0.2) is 0 Å². The topological polar surface area (TPSA) is 133 Å². The molecule has 2 saturated heterocycles. The molecule has 2 aliphatic rings. The SMILES string of the molecule is NC(=O)C[S@@](=O)[C@@H]1CC[C@@H]2CN1C(=O)N2O[C@H](F)C(=O)[O-].[Na+]. The number of halogens is 1. The minimum Gasteiger partial charge on any atom is -0.544 e. The van der Waals surface area contributed by atoms with E-state index in [-0.39, 0.29) is 41.9 Å². The normalized spacial score (nSPS) is 26.3. The molecule has 2 heterocycles. The van der Waals surface area contributed by atoms with Crippen LogP contribution in [0.4, 0.5) is 9.18 Å². The summed E-state index contributed by atoms with van der Waals surface area (Å²) in [4.78, 5) is 38.8. The molecular formula is C10H13FN3NaO6S. The van der Waals surface area contributed by atoms with Crippen LogP contribution in [0.1, 0.15) is 12.8 Å². The second-order valence-corrected chi connectivity index (χ2v) is 6.27. The standard InChI is InChI=1S/C10H14FN3O6S.Na/c11-8(9(16)17)20-14-5-1-2-7(13(3-5)10(14)18)21(19)4-6(12)15;/h5,7-8H,1-4H2,(H2,12,15)(H,16,17);/q;+1/p-1/t5-,7-,8+,21-;/m1./s1. The zero-order valence-corrected chi connectivity index (χ0v) is 14.6. The summed E-state index contributed by atoms with van der Waals surface area (Å²) in [6.07, 6.45) is -2.10. The predicted octanol–water partition coefficient (Wildman–Crippen LogP) is -5.57. The number of primary amides is 1. The van der Waals surface area contributed by atoms with Gasteiger partial charge >= 0.3 is 35.6 Å². The van der Waals surface area contributed by atoms with Crippen LogP contribution in [0.3, 0.4) is 0 Å². The number of carbonyl (C=O) groups excluding carboxylic acids is 3. The second kappa shape index (κ2) is 7.68. The maximum absolute atomic E-state index is 13.0. The first-order chi connectivity index (χ1) is 9.81. The van der Waals surface area contributed by atoms with E-state index >= 15 is 0 Å². The Kier molecular flexibility index (Phi) is 6.74. The fourth-order valence-electron chi connectivity index (χ4n) is 2.39. The van der Waals surface area contributed by atoms with Gasteiger partial charge in [0.15, 0.2) is 0 Å². The smallest absolute Gasteiger partial charge is 0.544 e. The van der Waals surface area contributed by atoms with Gasteiger partial charge in [0, 0.05) is 6.54 Å². The third-order valence-electron chi connectivity index (χ3n) is 3.25. The van der Waals surface area contributed by atoms with Crippen LogP contribution in [0, 0.1) is 0 Å². The van der Waals surface area contributed by atoms with E-state index in [0.29, 0.717) is 17.9 Å². The van der Waals surface area contributed by atoms with Gasteiger partial charge in [-0.3, -0.25) is 9.00 Å². The first-order valence-electron chi connectivity index (χ1n) is 6.08. The van der Waals surface area contributed by atoms with Gasteiger partial charge < -0.3 is 20.5 Å². The minimum atomic E-state index is -2.76. The quantitative estimate of drug-likeness (QED) is 0.477. The molecule has 0 saturated carbocycles. The van der Waals surface area contributed by atoms with Crippen molar-refractivity contribution in [3.8, 4) is 0 Å². The van der Waals surface area contributed by atoms with Gasteiger partial charge in [-0.25, -0.2) is 14.0 Å². The first kappa shape index (κ1) is 19.3. The van der Waals surface area contributed by atoms with E-state index in [1.165, 1.54) is 4.90 Å². The number of urea groups is 1. The Bertz CT molecular complexity index is 509. The minimum absolute atomic E-state index is 0. The monoisotopic (exact) mass is 345 g/mol. The van der Waals surface area contributed by atoms with Crippen LogP contribution >= 0.6 is 0 Å². The summed E-state index contributed by atoms with van der Waals surface area (Å²) in [6, 6.07) is -1.32. The molecular weight excluding hydrogens is 332 g/mol. The number of nitrogens with two attached hydrogens (primary N) is 1. The number of hydrogen-bond donors (Lipinski definition) is 1. The van der Waals surface area contributed by atoms with Gasteiger partial charge in [-0.05, 0) is 12.8 Å². The van der Waals surface area contributed by atoms with Gasteiger partial charge in [0.25, 0.3) is 6.36 Å². The summed E-state index contributed by atoms with van der Waals surface area (Å²) < 4.78 is 25.0. The Morgan fingerprint density at radius 3 is 2.68 bits per heavy atom. The molecule has 2 N–H and O–H groups in total. The van der Waals surface area contributed by atoms with Crippen molar-refractivity contribution in [2.24, 2.45) is 5.73 Å². The number of alkyl halides is 1. The van der Waals surface area contributed by atoms with E-state index in [0.717, 1.165) is 0 Å². The largest absolute Gasteiger partial charge is 1.00 e. The maximum atomic E-state index is 13.0. The van der Waals surface area contributed by atoms with Gasteiger partial charge in [-0.15, -0.1) is 0 Å². The molecule has 2 aliphatic heterocycles. The van der Waals surface area contributed by atoms with E-state index in [4.69, 9.17) is 5.73 Å². The van der Waals surface area contributed by atoms with Crippen molar-refractivity contribution in [2.45, 2.75) is 30.6 Å². The average molecular weight is 345 g/mol. The molecule has 12 heteroatoms. The Balaban J connectivity index is 0.00000242. The summed E-state index contributed by atoms with van der Waals surface area (Å²) in [5.74, 6) is -3.23. The maximum Gasteiger partial charge on any atom is 1.00 e. The van der Waals surface area contributed by atoms with Crippen LogP contribution in [-0.2, 0) is 25.2 Å². The first-order valence-corrected chi connectivity index (χ1v) is 7.46. The fourth-order valence-corrected chi connectivity index (χ4v) is 3.72. The Morgan fingerprint density at radius 1 is 1.50 bits per heavy atom. The van der Waals surface area contributed by atoms with Gasteiger partial charge in [0.2, 0.25) is 5.91 Å². The van der Waals surface area contributed by atoms with Crippen molar-refractivity contribution in [2.75, 3.05) is 12.3 Å². The number of hydrogen-bond acceptors (Lipinski definition) is 6. The summed E-state index contributed by atoms with van der Waals surface area (Å²) in [5, 5.41) is 10.2. The van der Waals surface area contributed by atoms with Crippen molar-refractivity contribution in [3.63, 3.8) is 0 Å². The third-order valence-corrected chi connectivity index (χ3v) is 4.91. The Hall–Kier alpha value is -0.750. The summed E-state index contributed by atoms with van der Waals surface area (Å²) in [5.41, 5.74) is 4.97. The molecule has 2 fully saturated rings. The van der Waals surface area contributed by atoms with E-state index < -0.39 is 46.5 Å². The number of hydroxylamine groups is 2. The van der Waals surface area contributed by atoms with E-state index in [9.17, 15) is 28.1 Å². The molecule has 3 amide bonds. The molecule has 0 unspecified atom stereocenters. The molecule has 0 spiro atoms. The number of fused-ring (bicyclic) bond motifs is 2. The van der Waals surface area contributed by atoms with E-state index in [1.807, 2.05) is 0 Å². The molecule has 0 aromatic rings. The number of rotatable bonds is 6. The molecule has 0 aliphatic carbocycles. The zero-order chi connectivity index (χ0) is 15.7. The van der Waals surface area contributed by atoms with Crippen LogP contribution in [0.2, 0.25) is 0 Å². The number of aliphatic carboxylic acids is 1. The van der Waals surface area contributed by atoms with Crippen LogP contribution in [-0.4, -0.2) is 62.2 Å². The Labute approximate surface area is 149 Å². The number of carboxylic acids is 1. The molecule has 4 atom stereocenters. The van der Waals surface area contributed by atoms with E-state index in [1.54, 1.807) is 0 Å². The van der Waals surface area contributed by atoms with Crippen LogP contribution in [0.25, 0.3) is 0 Å². The fraction of sp³-hybridized carbons (Fsp3) is 0.700. The number of carboxylic acid groups (broad SMARTS) is 1. The third kappa shape index (κ3) is 3.96. The van der Waals surface area contributed by atoms with Crippen molar-refractivity contribution in [1.29, 1.82) is 0 Å². The molecule has 9 nitrogen and oxygen atoms in total. The van der Waals surface area contributed by atoms with Gasteiger partial charge in [0.1, 0.15) is 17.1 Å². The molecule has 22 heavy (non-hydrogen) atoms. The molecule has 0 radical (unpaired) electrons. The molecule has 118 valence electrons. The summed E-state index contributed by atoms with van der Waals surface area (Å²) in [7, 11) is -1.67. The summed E-state index contributed by atoms with van der Waals surface area (Å²) >= 11 is 0. The van der Waals surface area contributed by atoms with Crippen molar-refractivity contribution in [3.05, 3.63) is 0 Å². The molecule has 2 bridgehead atoms. The van der Waals surface area contributed by atoms with Gasteiger partial charge in [-0.1, -0.05) is 0 Å². The average Bonchev–Trinajstić information content (AvgIpc) is 2.63. The number of nitrogens with zero attached hydrogens (tertiary/aromatic N) is 2. The predicted molar refractivity (Wildman–Crippen MR) is 63.9 cm³/mol. The van der Waals surface area contributed by atoms with Gasteiger partial charge in [-0.2, -0.15) is 5.06 Å². The molecule has 0 aromatic heterocycles. The number of carbonyl (C=O) groups is 3. The molecule has 2 rings (SSSR count). The number of piperidine rings is 1. The summed E-state index contributed by atoms with van der Waals surface area (Å²) in [6.45, 7) is 0.119. The zero-order valence-electron chi connectivity index (χ0n) is 11.8. The van der Waals surface area contributed by atoms with Crippen molar-refractivity contribution < 1.29 is 62.5 Å². The second-order valence-electron chi connectivity index (χ2n) is 4.68. The Morgan fingerprint density at radius 2 is 2.14 bits per heavy atom. The van der Waals surface area contributed by atoms with Crippen LogP contribution in [0.5, 0.6) is 0 Å². The molecule has 0 aromatic carbocycles. The number of amides is 3. The van der Waals surface area contributed by atoms with E-state index in [2.05, 4.69) is 4.84 Å². The van der Waals surface area contributed by atoms with Crippen LogP contribution < -0.4 is 40.4 Å².